The van der Waals surface area contributed by atoms with Crippen LogP contribution >= 0.6 is 0 Å². The fraction of sp³-hybridized carbons (Fsp3) is 0.217. The van der Waals surface area contributed by atoms with Crippen LogP contribution in [0, 0.1) is 5.82 Å². The summed E-state index contributed by atoms with van der Waals surface area (Å²) in [6.45, 7) is 0.718. The molecule has 0 fully saturated rings. The SMILES string of the molecule is COCCCN1C(=O)C(O)=C(C(=O)/C=C/c2ccccc2)[C@H]1c1ccc(F)cc1. The Kier molecular flexibility index (Phi) is 6.57. The zero-order valence-corrected chi connectivity index (χ0v) is 16.0. The zero-order valence-electron chi connectivity index (χ0n) is 16.0. The topological polar surface area (TPSA) is 66.8 Å². The number of benzene rings is 2. The standard InChI is InChI=1S/C23H22FNO4/c1-29-15-5-14-25-21(17-9-11-18(24)12-10-17)20(22(27)23(25)28)19(26)13-8-16-6-3-2-4-7-16/h2-4,6-13,21,27H,5,14-15H2,1H3/b13-8+/t21-/m1/s1. The van der Waals surface area contributed by atoms with Gasteiger partial charge < -0.3 is 14.7 Å². The van der Waals surface area contributed by atoms with Crippen molar-refractivity contribution in [2.45, 2.75) is 12.5 Å². The Morgan fingerprint density at radius 3 is 2.52 bits per heavy atom. The third kappa shape index (κ3) is 4.60. The minimum Gasteiger partial charge on any atom is -0.503 e. The summed E-state index contributed by atoms with van der Waals surface area (Å²) in [5.41, 5.74) is 1.37. The summed E-state index contributed by atoms with van der Waals surface area (Å²) in [4.78, 5) is 27.0. The number of ether oxygens (including phenoxy) is 1. The van der Waals surface area contributed by atoms with Gasteiger partial charge in [0, 0.05) is 20.3 Å². The first-order chi connectivity index (χ1) is 14.0. The van der Waals surface area contributed by atoms with E-state index in [1.807, 2.05) is 30.3 Å². The molecule has 1 aliphatic heterocycles. The molecule has 0 spiro atoms. The van der Waals surface area contributed by atoms with Gasteiger partial charge in [0.1, 0.15) is 5.82 Å². The van der Waals surface area contributed by atoms with Crippen LogP contribution in [0.3, 0.4) is 0 Å². The maximum atomic E-state index is 13.4. The maximum Gasteiger partial charge on any atom is 0.290 e. The molecule has 1 amide bonds. The van der Waals surface area contributed by atoms with Gasteiger partial charge in [0.05, 0.1) is 11.6 Å². The van der Waals surface area contributed by atoms with Crippen LogP contribution in [0.2, 0.25) is 0 Å². The molecule has 0 bridgehead atoms. The molecule has 3 rings (SSSR count). The summed E-state index contributed by atoms with van der Waals surface area (Å²) in [6, 6.07) is 14.0. The number of carbonyl (C=O) groups is 2. The van der Waals surface area contributed by atoms with E-state index >= 15 is 0 Å². The number of hydrogen-bond donors (Lipinski definition) is 1. The zero-order chi connectivity index (χ0) is 20.8. The molecule has 0 saturated heterocycles. The van der Waals surface area contributed by atoms with Crippen molar-refractivity contribution < 1.29 is 23.8 Å². The molecule has 2 aromatic rings. The Labute approximate surface area is 168 Å². The van der Waals surface area contributed by atoms with Gasteiger partial charge in [-0.05, 0) is 35.8 Å². The number of amides is 1. The predicted molar refractivity (Wildman–Crippen MR) is 107 cm³/mol. The summed E-state index contributed by atoms with van der Waals surface area (Å²) in [6.07, 6.45) is 3.50. The van der Waals surface area contributed by atoms with Crippen LogP contribution in [0.15, 0.2) is 72.0 Å². The number of hydrogen-bond acceptors (Lipinski definition) is 4. The third-order valence-electron chi connectivity index (χ3n) is 4.73. The van der Waals surface area contributed by atoms with Gasteiger partial charge in [-0.2, -0.15) is 0 Å². The first kappa shape index (κ1) is 20.5. The van der Waals surface area contributed by atoms with E-state index in [2.05, 4.69) is 0 Å². The second-order valence-electron chi connectivity index (χ2n) is 6.67. The van der Waals surface area contributed by atoms with Crippen LogP contribution in [-0.2, 0) is 14.3 Å². The van der Waals surface area contributed by atoms with Crippen LogP contribution in [-0.4, -0.2) is 42.0 Å². The molecular weight excluding hydrogens is 373 g/mol. The largest absolute Gasteiger partial charge is 0.503 e. The minimum atomic E-state index is -0.784. The van der Waals surface area contributed by atoms with Gasteiger partial charge >= 0.3 is 0 Å². The Balaban J connectivity index is 1.94. The Morgan fingerprint density at radius 2 is 1.86 bits per heavy atom. The van der Waals surface area contributed by atoms with E-state index < -0.39 is 29.3 Å². The van der Waals surface area contributed by atoms with E-state index in [1.165, 1.54) is 35.2 Å². The lowest BCUT2D eigenvalue weighted by Crippen LogP contribution is -2.32. The molecule has 0 unspecified atom stereocenters. The maximum absolute atomic E-state index is 13.4. The van der Waals surface area contributed by atoms with Crippen LogP contribution < -0.4 is 0 Å². The number of allylic oxidation sites excluding steroid dienone is 1. The van der Waals surface area contributed by atoms with E-state index in [4.69, 9.17) is 4.74 Å². The molecule has 0 saturated carbocycles. The van der Waals surface area contributed by atoms with E-state index in [9.17, 15) is 19.1 Å². The number of halogens is 1. The quantitative estimate of drug-likeness (QED) is 0.545. The average molecular weight is 395 g/mol. The van der Waals surface area contributed by atoms with Crippen LogP contribution in [0.25, 0.3) is 6.08 Å². The van der Waals surface area contributed by atoms with Crippen LogP contribution in [0.5, 0.6) is 0 Å². The van der Waals surface area contributed by atoms with Crippen molar-refractivity contribution in [1.29, 1.82) is 0 Å². The number of aliphatic hydroxyl groups excluding tert-OH is 1. The number of rotatable bonds is 8. The molecular formula is C23H22FNO4. The van der Waals surface area contributed by atoms with Crippen molar-refractivity contribution in [1.82, 2.24) is 4.90 Å². The third-order valence-corrected chi connectivity index (χ3v) is 4.73. The Bertz CT molecular complexity index is 935. The highest BCUT2D eigenvalue weighted by atomic mass is 19.1. The lowest BCUT2D eigenvalue weighted by molar-refractivity contribution is -0.129. The Morgan fingerprint density at radius 1 is 1.17 bits per heavy atom. The highest BCUT2D eigenvalue weighted by Gasteiger charge is 2.42. The van der Waals surface area contributed by atoms with Crippen molar-refractivity contribution in [2.24, 2.45) is 0 Å². The van der Waals surface area contributed by atoms with E-state index in [1.54, 1.807) is 13.2 Å². The summed E-state index contributed by atoms with van der Waals surface area (Å²) in [7, 11) is 1.56. The lowest BCUT2D eigenvalue weighted by atomic mass is 9.95. The van der Waals surface area contributed by atoms with Gasteiger partial charge in [0.25, 0.3) is 5.91 Å². The van der Waals surface area contributed by atoms with Gasteiger partial charge in [-0.25, -0.2) is 4.39 Å². The summed E-state index contributed by atoms with van der Waals surface area (Å²) < 4.78 is 18.4. The minimum absolute atomic E-state index is 0.00814. The monoisotopic (exact) mass is 395 g/mol. The highest BCUT2D eigenvalue weighted by molar-refractivity contribution is 6.14. The molecule has 150 valence electrons. The van der Waals surface area contributed by atoms with Crippen molar-refractivity contribution in [3.8, 4) is 0 Å². The summed E-state index contributed by atoms with van der Waals surface area (Å²) >= 11 is 0. The summed E-state index contributed by atoms with van der Waals surface area (Å²) in [5, 5.41) is 10.5. The smallest absolute Gasteiger partial charge is 0.290 e. The number of methoxy groups -OCH3 is 1. The molecule has 0 aliphatic carbocycles. The average Bonchev–Trinajstić information content (AvgIpc) is 2.98. The van der Waals surface area contributed by atoms with Crippen LogP contribution in [0.4, 0.5) is 4.39 Å². The number of nitrogens with zero attached hydrogens (tertiary/aromatic N) is 1. The molecule has 6 heteroatoms. The van der Waals surface area contributed by atoms with Gasteiger partial charge in [0.15, 0.2) is 11.5 Å². The molecule has 1 atom stereocenters. The van der Waals surface area contributed by atoms with Gasteiger partial charge in [-0.15, -0.1) is 0 Å². The number of ketones is 1. The second kappa shape index (κ2) is 9.30. The normalized spacial score (nSPS) is 16.8. The van der Waals surface area contributed by atoms with E-state index in [-0.39, 0.29) is 12.1 Å². The molecule has 0 aromatic heterocycles. The number of aliphatic hydroxyl groups is 1. The molecule has 0 radical (unpaired) electrons. The van der Waals surface area contributed by atoms with Crippen molar-refractivity contribution in [3.05, 3.63) is 88.9 Å². The molecule has 1 aliphatic rings. The number of carbonyl (C=O) groups excluding carboxylic acids is 2. The molecule has 2 aromatic carbocycles. The summed E-state index contributed by atoms with van der Waals surface area (Å²) in [5.74, 6) is -2.08. The highest BCUT2D eigenvalue weighted by Crippen LogP contribution is 2.38. The fourth-order valence-electron chi connectivity index (χ4n) is 3.33. The van der Waals surface area contributed by atoms with Crippen molar-refractivity contribution in [3.63, 3.8) is 0 Å². The predicted octanol–water partition coefficient (Wildman–Crippen LogP) is 3.84. The van der Waals surface area contributed by atoms with E-state index in [0.29, 0.717) is 18.6 Å². The van der Waals surface area contributed by atoms with Crippen LogP contribution in [0.1, 0.15) is 23.6 Å². The van der Waals surface area contributed by atoms with Gasteiger partial charge in [0.2, 0.25) is 0 Å². The molecule has 1 heterocycles. The first-order valence-electron chi connectivity index (χ1n) is 9.29. The molecule has 29 heavy (non-hydrogen) atoms. The van der Waals surface area contributed by atoms with Gasteiger partial charge in [-0.1, -0.05) is 48.5 Å². The van der Waals surface area contributed by atoms with Crippen molar-refractivity contribution >= 4 is 17.8 Å². The fourth-order valence-corrected chi connectivity index (χ4v) is 3.33. The van der Waals surface area contributed by atoms with Crippen molar-refractivity contribution in [2.75, 3.05) is 20.3 Å². The Hall–Kier alpha value is -3.25. The van der Waals surface area contributed by atoms with Gasteiger partial charge in [-0.3, -0.25) is 9.59 Å². The lowest BCUT2D eigenvalue weighted by Gasteiger charge is -2.26. The first-order valence-corrected chi connectivity index (χ1v) is 9.29. The molecule has 1 N–H and O–H groups in total. The second-order valence-corrected chi connectivity index (χ2v) is 6.67. The molecule has 5 nitrogen and oxygen atoms in total. The van der Waals surface area contributed by atoms with E-state index in [0.717, 1.165) is 5.56 Å².